The van der Waals surface area contributed by atoms with Gasteiger partial charge in [0.2, 0.25) is 0 Å². The Labute approximate surface area is 145 Å². The Morgan fingerprint density at radius 1 is 1.24 bits per heavy atom. The molecule has 3 rings (SSSR count). The van der Waals surface area contributed by atoms with Crippen LogP contribution in [0.15, 0.2) is 42.9 Å². The SMILES string of the molecule is CCOC(=O)OC1(OC(=O)c2cncn2[C@H](C)c2ccccc2)CC1. The van der Waals surface area contributed by atoms with Gasteiger partial charge in [-0.1, -0.05) is 30.3 Å². The highest BCUT2D eigenvalue weighted by atomic mass is 16.8. The van der Waals surface area contributed by atoms with E-state index in [-0.39, 0.29) is 12.6 Å². The standard InChI is InChI=1S/C18H20N2O5/c1-3-23-17(22)25-18(9-10-18)24-16(21)15-11-19-12-20(15)13(2)14-7-5-4-6-8-14/h4-8,11-13H,3,9-10H2,1-2H3/t13-/m1/s1. The lowest BCUT2D eigenvalue weighted by molar-refractivity contribution is -0.112. The molecule has 1 aliphatic carbocycles. The van der Waals surface area contributed by atoms with E-state index < -0.39 is 17.9 Å². The second-order valence-corrected chi connectivity index (χ2v) is 5.86. The number of hydrogen-bond donors (Lipinski definition) is 0. The summed E-state index contributed by atoms with van der Waals surface area (Å²) in [6.07, 6.45) is 3.11. The number of carbonyl (C=O) groups excluding carboxylic acids is 2. The average molecular weight is 344 g/mol. The summed E-state index contributed by atoms with van der Waals surface area (Å²) in [4.78, 5) is 28.1. The van der Waals surface area contributed by atoms with Crippen LogP contribution in [0.5, 0.6) is 0 Å². The minimum Gasteiger partial charge on any atom is -0.434 e. The topological polar surface area (TPSA) is 79.7 Å². The Morgan fingerprint density at radius 2 is 1.96 bits per heavy atom. The maximum absolute atomic E-state index is 12.5. The fourth-order valence-electron chi connectivity index (χ4n) is 2.51. The van der Waals surface area contributed by atoms with Gasteiger partial charge in [0.1, 0.15) is 5.69 Å². The predicted octanol–water partition coefficient (Wildman–Crippen LogP) is 3.31. The molecule has 1 aromatic carbocycles. The summed E-state index contributed by atoms with van der Waals surface area (Å²) in [5.41, 5.74) is 1.34. The molecule has 1 heterocycles. The Kier molecular flexibility index (Phi) is 4.74. The molecule has 132 valence electrons. The third-order valence-electron chi connectivity index (χ3n) is 4.04. The van der Waals surface area contributed by atoms with Crippen LogP contribution < -0.4 is 0 Å². The van der Waals surface area contributed by atoms with E-state index in [0.717, 1.165) is 5.56 Å². The number of hydrogen-bond acceptors (Lipinski definition) is 6. The van der Waals surface area contributed by atoms with Crippen molar-refractivity contribution in [1.29, 1.82) is 0 Å². The molecule has 1 fully saturated rings. The Morgan fingerprint density at radius 3 is 2.60 bits per heavy atom. The molecule has 2 aromatic rings. The molecule has 0 radical (unpaired) electrons. The minimum absolute atomic E-state index is 0.0904. The smallest absolute Gasteiger partial charge is 0.434 e. The van der Waals surface area contributed by atoms with Gasteiger partial charge in [-0.15, -0.1) is 0 Å². The molecule has 1 atom stereocenters. The summed E-state index contributed by atoms with van der Waals surface area (Å²) < 4.78 is 17.0. The largest absolute Gasteiger partial charge is 0.511 e. The molecule has 0 spiro atoms. The van der Waals surface area contributed by atoms with Crippen molar-refractivity contribution in [2.45, 2.75) is 38.5 Å². The van der Waals surface area contributed by atoms with Gasteiger partial charge in [0.05, 0.1) is 25.2 Å². The van der Waals surface area contributed by atoms with E-state index in [9.17, 15) is 9.59 Å². The summed E-state index contributed by atoms with van der Waals surface area (Å²) >= 11 is 0. The van der Waals surface area contributed by atoms with E-state index in [1.165, 1.54) is 6.20 Å². The van der Waals surface area contributed by atoms with Crippen molar-refractivity contribution in [3.63, 3.8) is 0 Å². The van der Waals surface area contributed by atoms with Crippen LogP contribution in [0, 0.1) is 0 Å². The number of esters is 1. The van der Waals surface area contributed by atoms with Crippen LogP contribution in [-0.4, -0.2) is 34.1 Å². The maximum atomic E-state index is 12.5. The van der Waals surface area contributed by atoms with E-state index in [2.05, 4.69) is 4.98 Å². The van der Waals surface area contributed by atoms with Gasteiger partial charge in [0.15, 0.2) is 0 Å². The fraction of sp³-hybridized carbons (Fsp3) is 0.389. The first kappa shape index (κ1) is 17.0. The summed E-state index contributed by atoms with van der Waals surface area (Å²) in [6.45, 7) is 3.84. The van der Waals surface area contributed by atoms with E-state index in [0.29, 0.717) is 18.5 Å². The first-order valence-electron chi connectivity index (χ1n) is 8.20. The molecule has 0 bridgehead atoms. The van der Waals surface area contributed by atoms with Gasteiger partial charge in [-0.2, -0.15) is 0 Å². The highest BCUT2D eigenvalue weighted by molar-refractivity contribution is 5.88. The zero-order valence-corrected chi connectivity index (χ0v) is 14.2. The van der Waals surface area contributed by atoms with Crippen LogP contribution in [0.3, 0.4) is 0 Å². The zero-order valence-electron chi connectivity index (χ0n) is 14.2. The van der Waals surface area contributed by atoms with Gasteiger partial charge < -0.3 is 18.8 Å². The second kappa shape index (κ2) is 6.96. The summed E-state index contributed by atoms with van der Waals surface area (Å²) in [5, 5.41) is 0. The van der Waals surface area contributed by atoms with Gasteiger partial charge >= 0.3 is 12.1 Å². The molecule has 0 aliphatic heterocycles. The summed E-state index contributed by atoms with van der Waals surface area (Å²) in [6, 6.07) is 9.67. The molecule has 25 heavy (non-hydrogen) atoms. The van der Waals surface area contributed by atoms with Gasteiger partial charge in [-0.25, -0.2) is 14.6 Å². The summed E-state index contributed by atoms with van der Waals surface area (Å²) in [5.74, 6) is -1.80. The monoisotopic (exact) mass is 344 g/mol. The number of ether oxygens (including phenoxy) is 3. The number of rotatable bonds is 6. The number of imidazole rings is 1. The molecule has 0 N–H and O–H groups in total. The van der Waals surface area contributed by atoms with Crippen LogP contribution in [0.2, 0.25) is 0 Å². The Bertz CT molecular complexity index is 752. The van der Waals surface area contributed by atoms with Crippen molar-refractivity contribution in [2.75, 3.05) is 6.61 Å². The van der Waals surface area contributed by atoms with Crippen LogP contribution in [0.4, 0.5) is 4.79 Å². The van der Waals surface area contributed by atoms with Crippen LogP contribution in [-0.2, 0) is 14.2 Å². The molecule has 0 saturated heterocycles. The van der Waals surface area contributed by atoms with E-state index in [1.54, 1.807) is 17.8 Å². The first-order chi connectivity index (χ1) is 12.0. The molecule has 1 saturated carbocycles. The quantitative estimate of drug-likeness (QED) is 0.591. The second-order valence-electron chi connectivity index (χ2n) is 5.86. The van der Waals surface area contributed by atoms with Crippen molar-refractivity contribution in [2.24, 2.45) is 0 Å². The molecular formula is C18H20N2O5. The Balaban J connectivity index is 1.72. The summed E-state index contributed by atoms with van der Waals surface area (Å²) in [7, 11) is 0. The van der Waals surface area contributed by atoms with Crippen LogP contribution >= 0.6 is 0 Å². The lowest BCUT2D eigenvalue weighted by atomic mass is 10.1. The molecule has 0 unspecified atom stereocenters. The third-order valence-corrected chi connectivity index (χ3v) is 4.04. The molecule has 7 heteroatoms. The van der Waals surface area contributed by atoms with Crippen molar-refractivity contribution < 1.29 is 23.8 Å². The normalized spacial score (nSPS) is 15.9. The molecule has 7 nitrogen and oxygen atoms in total. The molecule has 0 amide bonds. The van der Waals surface area contributed by atoms with Crippen LogP contribution in [0.25, 0.3) is 0 Å². The zero-order chi connectivity index (χ0) is 17.9. The minimum atomic E-state index is -1.21. The van der Waals surface area contributed by atoms with Crippen molar-refractivity contribution in [3.8, 4) is 0 Å². The van der Waals surface area contributed by atoms with Gasteiger partial charge in [0, 0.05) is 12.8 Å². The average Bonchev–Trinajstić information content (AvgIpc) is 3.16. The fourth-order valence-corrected chi connectivity index (χ4v) is 2.51. The predicted molar refractivity (Wildman–Crippen MR) is 88.0 cm³/mol. The molecule has 1 aromatic heterocycles. The van der Waals surface area contributed by atoms with E-state index in [4.69, 9.17) is 14.2 Å². The van der Waals surface area contributed by atoms with Crippen molar-refractivity contribution >= 4 is 12.1 Å². The first-order valence-corrected chi connectivity index (χ1v) is 8.20. The van der Waals surface area contributed by atoms with E-state index >= 15 is 0 Å². The van der Waals surface area contributed by atoms with Crippen LogP contribution in [0.1, 0.15) is 48.8 Å². The highest BCUT2D eigenvalue weighted by Gasteiger charge is 2.52. The highest BCUT2D eigenvalue weighted by Crippen LogP contribution is 2.41. The maximum Gasteiger partial charge on any atom is 0.511 e. The number of benzene rings is 1. The lowest BCUT2D eigenvalue weighted by Crippen LogP contribution is -2.28. The Hall–Kier alpha value is -2.83. The lowest BCUT2D eigenvalue weighted by Gasteiger charge is -2.19. The van der Waals surface area contributed by atoms with Crippen molar-refractivity contribution in [3.05, 3.63) is 54.1 Å². The van der Waals surface area contributed by atoms with Crippen molar-refractivity contribution in [1.82, 2.24) is 9.55 Å². The third kappa shape index (κ3) is 3.81. The molecular weight excluding hydrogens is 324 g/mol. The van der Waals surface area contributed by atoms with Gasteiger partial charge in [0.25, 0.3) is 5.79 Å². The van der Waals surface area contributed by atoms with E-state index in [1.807, 2.05) is 37.3 Å². The number of nitrogens with zero attached hydrogens (tertiary/aromatic N) is 2. The van der Waals surface area contributed by atoms with Gasteiger partial charge in [-0.3, -0.25) is 0 Å². The number of carbonyl (C=O) groups is 2. The molecule has 1 aliphatic rings. The van der Waals surface area contributed by atoms with Gasteiger partial charge in [-0.05, 0) is 19.4 Å². The number of aromatic nitrogens is 2.